The van der Waals surface area contributed by atoms with Gasteiger partial charge in [0.25, 0.3) is 0 Å². The predicted molar refractivity (Wildman–Crippen MR) is 53.2 cm³/mol. The number of aryl methyl sites for hydroxylation is 1. The number of nitrogens with zero attached hydrogens (tertiary/aromatic N) is 1. The SMILES string of the molecule is COc1cccc(-c2ocnc2C)c1. The molecule has 1 aromatic heterocycles. The molecule has 1 heterocycles. The smallest absolute Gasteiger partial charge is 0.181 e. The fraction of sp³-hybridized carbons (Fsp3) is 0.182. The monoisotopic (exact) mass is 189 g/mol. The summed E-state index contributed by atoms with van der Waals surface area (Å²) >= 11 is 0. The first-order chi connectivity index (χ1) is 6.81. The maximum atomic E-state index is 5.28. The van der Waals surface area contributed by atoms with Crippen molar-refractivity contribution in [2.45, 2.75) is 6.92 Å². The molecular formula is C11H11NO2. The molecule has 2 aromatic rings. The van der Waals surface area contributed by atoms with E-state index in [4.69, 9.17) is 9.15 Å². The maximum absolute atomic E-state index is 5.28. The summed E-state index contributed by atoms with van der Waals surface area (Å²) in [5.41, 5.74) is 1.87. The topological polar surface area (TPSA) is 35.3 Å². The number of oxazole rings is 1. The first kappa shape index (κ1) is 8.81. The van der Waals surface area contributed by atoms with Crippen LogP contribution in [0.5, 0.6) is 5.75 Å². The van der Waals surface area contributed by atoms with Crippen molar-refractivity contribution in [3.8, 4) is 17.1 Å². The molecule has 0 saturated heterocycles. The fourth-order valence-corrected chi connectivity index (χ4v) is 1.34. The van der Waals surface area contributed by atoms with Crippen LogP contribution in [0.2, 0.25) is 0 Å². The van der Waals surface area contributed by atoms with E-state index < -0.39 is 0 Å². The first-order valence-corrected chi connectivity index (χ1v) is 4.36. The van der Waals surface area contributed by atoms with Crippen LogP contribution < -0.4 is 4.74 Å². The van der Waals surface area contributed by atoms with Crippen molar-refractivity contribution in [3.63, 3.8) is 0 Å². The van der Waals surface area contributed by atoms with Crippen molar-refractivity contribution in [3.05, 3.63) is 36.4 Å². The van der Waals surface area contributed by atoms with E-state index in [0.29, 0.717) is 0 Å². The van der Waals surface area contributed by atoms with Crippen molar-refractivity contribution < 1.29 is 9.15 Å². The minimum absolute atomic E-state index is 0.795. The Hall–Kier alpha value is -1.77. The summed E-state index contributed by atoms with van der Waals surface area (Å²) in [5.74, 6) is 1.61. The molecular weight excluding hydrogens is 178 g/mol. The van der Waals surface area contributed by atoms with Gasteiger partial charge in [0.15, 0.2) is 12.2 Å². The Kier molecular flexibility index (Phi) is 2.23. The zero-order chi connectivity index (χ0) is 9.97. The molecule has 0 unspecified atom stereocenters. The predicted octanol–water partition coefficient (Wildman–Crippen LogP) is 2.66. The summed E-state index contributed by atoms with van der Waals surface area (Å²) < 4.78 is 10.4. The second-order valence-corrected chi connectivity index (χ2v) is 3.00. The summed E-state index contributed by atoms with van der Waals surface area (Å²) in [7, 11) is 1.65. The largest absolute Gasteiger partial charge is 0.497 e. The molecule has 0 N–H and O–H groups in total. The number of rotatable bonds is 2. The minimum Gasteiger partial charge on any atom is -0.497 e. The highest BCUT2D eigenvalue weighted by atomic mass is 16.5. The van der Waals surface area contributed by atoms with E-state index in [1.807, 2.05) is 31.2 Å². The maximum Gasteiger partial charge on any atom is 0.181 e. The van der Waals surface area contributed by atoms with Gasteiger partial charge in [-0.15, -0.1) is 0 Å². The number of ether oxygens (including phenoxy) is 1. The van der Waals surface area contributed by atoms with Gasteiger partial charge in [0, 0.05) is 5.56 Å². The normalized spacial score (nSPS) is 10.1. The highest BCUT2D eigenvalue weighted by Crippen LogP contribution is 2.25. The molecule has 0 amide bonds. The molecule has 0 radical (unpaired) electrons. The highest BCUT2D eigenvalue weighted by Gasteiger charge is 2.06. The third kappa shape index (κ3) is 1.48. The van der Waals surface area contributed by atoms with Crippen molar-refractivity contribution in [1.29, 1.82) is 0 Å². The lowest BCUT2D eigenvalue weighted by atomic mass is 10.1. The van der Waals surface area contributed by atoms with E-state index in [1.165, 1.54) is 6.39 Å². The van der Waals surface area contributed by atoms with Crippen molar-refractivity contribution in [2.75, 3.05) is 7.11 Å². The lowest BCUT2D eigenvalue weighted by Gasteiger charge is -2.01. The molecule has 14 heavy (non-hydrogen) atoms. The van der Waals surface area contributed by atoms with Crippen LogP contribution in [0.4, 0.5) is 0 Å². The molecule has 0 aliphatic rings. The standard InChI is InChI=1S/C11H11NO2/c1-8-11(14-7-12-8)9-4-3-5-10(6-9)13-2/h3-7H,1-2H3. The second-order valence-electron chi connectivity index (χ2n) is 3.00. The van der Waals surface area contributed by atoms with Gasteiger partial charge in [-0.05, 0) is 19.1 Å². The molecule has 72 valence electrons. The Bertz CT molecular complexity index is 434. The van der Waals surface area contributed by atoms with Crippen LogP contribution in [0.15, 0.2) is 35.1 Å². The summed E-state index contributed by atoms with van der Waals surface area (Å²) in [6.45, 7) is 1.91. The van der Waals surface area contributed by atoms with E-state index in [0.717, 1.165) is 22.8 Å². The van der Waals surface area contributed by atoms with Gasteiger partial charge in [-0.1, -0.05) is 12.1 Å². The summed E-state index contributed by atoms with van der Waals surface area (Å²) in [5, 5.41) is 0. The highest BCUT2D eigenvalue weighted by molar-refractivity contribution is 5.61. The molecule has 3 heteroatoms. The Morgan fingerprint density at radius 1 is 1.36 bits per heavy atom. The van der Waals surface area contributed by atoms with E-state index in [-0.39, 0.29) is 0 Å². The molecule has 0 aliphatic carbocycles. The number of aromatic nitrogens is 1. The van der Waals surface area contributed by atoms with E-state index in [2.05, 4.69) is 4.98 Å². The quantitative estimate of drug-likeness (QED) is 0.728. The summed E-state index contributed by atoms with van der Waals surface area (Å²) in [6.07, 6.45) is 1.45. The molecule has 2 rings (SSSR count). The second kappa shape index (κ2) is 3.54. The zero-order valence-electron chi connectivity index (χ0n) is 8.15. The Balaban J connectivity index is 2.47. The number of methoxy groups -OCH3 is 1. The van der Waals surface area contributed by atoms with Crippen LogP contribution in [0.1, 0.15) is 5.69 Å². The molecule has 3 nitrogen and oxygen atoms in total. The number of hydrogen-bond donors (Lipinski definition) is 0. The minimum atomic E-state index is 0.795. The van der Waals surface area contributed by atoms with Crippen LogP contribution in [0.3, 0.4) is 0 Å². The van der Waals surface area contributed by atoms with Crippen LogP contribution in [0.25, 0.3) is 11.3 Å². The number of benzene rings is 1. The van der Waals surface area contributed by atoms with Gasteiger partial charge in [-0.2, -0.15) is 0 Å². The number of hydrogen-bond acceptors (Lipinski definition) is 3. The van der Waals surface area contributed by atoms with Gasteiger partial charge in [0.05, 0.1) is 12.8 Å². The zero-order valence-corrected chi connectivity index (χ0v) is 8.15. The Labute approximate surface area is 82.3 Å². The van der Waals surface area contributed by atoms with Gasteiger partial charge in [-0.3, -0.25) is 0 Å². The van der Waals surface area contributed by atoms with Gasteiger partial charge < -0.3 is 9.15 Å². The lowest BCUT2D eigenvalue weighted by Crippen LogP contribution is -1.84. The molecule has 0 aliphatic heterocycles. The molecule has 0 saturated carbocycles. The van der Waals surface area contributed by atoms with Crippen molar-refractivity contribution >= 4 is 0 Å². The summed E-state index contributed by atoms with van der Waals surface area (Å²) in [6, 6.07) is 7.72. The fourth-order valence-electron chi connectivity index (χ4n) is 1.34. The van der Waals surface area contributed by atoms with Gasteiger partial charge >= 0.3 is 0 Å². The summed E-state index contributed by atoms with van der Waals surface area (Å²) in [4.78, 5) is 4.04. The van der Waals surface area contributed by atoms with Crippen LogP contribution >= 0.6 is 0 Å². The van der Waals surface area contributed by atoms with E-state index in [9.17, 15) is 0 Å². The Morgan fingerprint density at radius 3 is 2.86 bits per heavy atom. The molecule has 0 atom stereocenters. The van der Waals surface area contributed by atoms with Gasteiger partial charge in [0.2, 0.25) is 0 Å². The van der Waals surface area contributed by atoms with Crippen LogP contribution in [-0.4, -0.2) is 12.1 Å². The lowest BCUT2D eigenvalue weighted by molar-refractivity contribution is 0.415. The molecule has 0 fully saturated rings. The molecule has 1 aromatic carbocycles. The van der Waals surface area contributed by atoms with Crippen LogP contribution in [0, 0.1) is 6.92 Å². The average molecular weight is 189 g/mol. The van der Waals surface area contributed by atoms with Crippen LogP contribution in [-0.2, 0) is 0 Å². The third-order valence-corrected chi connectivity index (χ3v) is 2.08. The van der Waals surface area contributed by atoms with Crippen molar-refractivity contribution in [2.24, 2.45) is 0 Å². The van der Waals surface area contributed by atoms with E-state index >= 15 is 0 Å². The van der Waals surface area contributed by atoms with Crippen molar-refractivity contribution in [1.82, 2.24) is 4.98 Å². The average Bonchev–Trinajstić information content (AvgIpc) is 2.65. The molecule has 0 bridgehead atoms. The molecule has 0 spiro atoms. The first-order valence-electron chi connectivity index (χ1n) is 4.36. The Morgan fingerprint density at radius 2 is 2.21 bits per heavy atom. The van der Waals surface area contributed by atoms with Gasteiger partial charge in [-0.25, -0.2) is 4.98 Å². The van der Waals surface area contributed by atoms with Gasteiger partial charge in [0.1, 0.15) is 5.75 Å². The third-order valence-electron chi connectivity index (χ3n) is 2.08. The van der Waals surface area contributed by atoms with E-state index in [1.54, 1.807) is 7.11 Å².